The van der Waals surface area contributed by atoms with Crippen molar-refractivity contribution in [1.29, 1.82) is 0 Å². The summed E-state index contributed by atoms with van der Waals surface area (Å²) in [6.07, 6.45) is 3.81. The maximum absolute atomic E-state index is 11.6. The molecule has 0 atom stereocenters. The summed E-state index contributed by atoms with van der Waals surface area (Å²) >= 11 is 0. The largest absolute Gasteiger partial charge is 0.487 e. The maximum atomic E-state index is 11.6. The molecule has 0 bridgehead atoms. The lowest BCUT2D eigenvalue weighted by Crippen LogP contribution is -2.41. The third-order valence-corrected chi connectivity index (χ3v) is 4.47. The Morgan fingerprint density at radius 1 is 1.10 bits per heavy atom. The SMILES string of the molecule is CCNC(=NCc1ccc(OCc2ccccn2)cc1)NCCNC(=O)C1CC1.I. The minimum Gasteiger partial charge on any atom is -0.487 e. The number of pyridine rings is 1. The topological polar surface area (TPSA) is 87.6 Å². The zero-order valence-electron chi connectivity index (χ0n) is 17.3. The van der Waals surface area contributed by atoms with Gasteiger partial charge in [0.2, 0.25) is 5.91 Å². The molecule has 0 unspecified atom stereocenters. The van der Waals surface area contributed by atoms with Crippen LogP contribution < -0.4 is 20.7 Å². The number of amides is 1. The normalized spacial score (nSPS) is 13.2. The highest BCUT2D eigenvalue weighted by molar-refractivity contribution is 14.0. The monoisotopic (exact) mass is 523 g/mol. The molecule has 3 rings (SSSR count). The van der Waals surface area contributed by atoms with E-state index in [9.17, 15) is 4.79 Å². The van der Waals surface area contributed by atoms with Crippen LogP contribution in [0.25, 0.3) is 0 Å². The van der Waals surface area contributed by atoms with Crippen LogP contribution >= 0.6 is 24.0 Å². The van der Waals surface area contributed by atoms with Gasteiger partial charge in [0.05, 0.1) is 12.2 Å². The fourth-order valence-corrected chi connectivity index (χ4v) is 2.70. The Labute approximate surface area is 195 Å². The lowest BCUT2D eigenvalue weighted by Gasteiger charge is -2.12. The highest BCUT2D eigenvalue weighted by Gasteiger charge is 2.28. The van der Waals surface area contributed by atoms with Gasteiger partial charge in [0.1, 0.15) is 12.4 Å². The Hall–Kier alpha value is -2.36. The quantitative estimate of drug-likeness (QED) is 0.193. The molecule has 1 fully saturated rings. The first-order valence-electron chi connectivity index (χ1n) is 10.2. The number of halogens is 1. The van der Waals surface area contributed by atoms with Crippen molar-refractivity contribution in [2.75, 3.05) is 19.6 Å². The van der Waals surface area contributed by atoms with Crippen LogP contribution in [0.4, 0.5) is 0 Å². The average molecular weight is 523 g/mol. The number of rotatable bonds is 10. The van der Waals surface area contributed by atoms with E-state index in [4.69, 9.17) is 4.74 Å². The maximum Gasteiger partial charge on any atom is 0.223 e. The number of hydrogen-bond donors (Lipinski definition) is 3. The van der Waals surface area contributed by atoms with Crippen LogP contribution in [0.2, 0.25) is 0 Å². The van der Waals surface area contributed by atoms with Crippen molar-refractivity contribution in [2.24, 2.45) is 10.9 Å². The summed E-state index contributed by atoms with van der Waals surface area (Å²) in [7, 11) is 0. The third-order valence-electron chi connectivity index (χ3n) is 4.47. The molecular formula is C22H30IN5O2. The van der Waals surface area contributed by atoms with Crippen LogP contribution in [0.1, 0.15) is 31.0 Å². The van der Waals surface area contributed by atoms with Crippen LogP contribution in [0.3, 0.4) is 0 Å². The predicted octanol–water partition coefficient (Wildman–Crippen LogP) is 2.86. The van der Waals surface area contributed by atoms with Gasteiger partial charge in [-0.15, -0.1) is 24.0 Å². The first kappa shape index (κ1) is 23.9. The van der Waals surface area contributed by atoms with E-state index in [0.717, 1.165) is 42.4 Å². The number of aromatic nitrogens is 1. The van der Waals surface area contributed by atoms with Crippen LogP contribution in [-0.4, -0.2) is 36.5 Å². The first-order valence-corrected chi connectivity index (χ1v) is 10.2. The molecule has 7 nitrogen and oxygen atoms in total. The van der Waals surface area contributed by atoms with Crippen molar-refractivity contribution >= 4 is 35.8 Å². The summed E-state index contributed by atoms with van der Waals surface area (Å²) in [5, 5.41) is 9.41. The predicted molar refractivity (Wildman–Crippen MR) is 129 cm³/mol. The lowest BCUT2D eigenvalue weighted by molar-refractivity contribution is -0.122. The highest BCUT2D eigenvalue weighted by Crippen LogP contribution is 2.28. The number of guanidine groups is 1. The van der Waals surface area contributed by atoms with Gasteiger partial charge in [0.15, 0.2) is 5.96 Å². The Kier molecular flexibility index (Phi) is 10.4. The molecule has 0 spiro atoms. The molecule has 3 N–H and O–H groups in total. The molecule has 1 saturated carbocycles. The van der Waals surface area contributed by atoms with Crippen molar-refractivity contribution in [1.82, 2.24) is 20.9 Å². The van der Waals surface area contributed by atoms with E-state index in [1.165, 1.54) is 0 Å². The Morgan fingerprint density at radius 3 is 2.53 bits per heavy atom. The molecule has 1 amide bonds. The number of carbonyl (C=O) groups excluding carboxylic acids is 1. The average Bonchev–Trinajstić information content (AvgIpc) is 3.60. The summed E-state index contributed by atoms with van der Waals surface area (Å²) < 4.78 is 5.76. The van der Waals surface area contributed by atoms with E-state index in [-0.39, 0.29) is 35.8 Å². The molecule has 1 aliphatic rings. The number of nitrogens with zero attached hydrogens (tertiary/aromatic N) is 2. The van der Waals surface area contributed by atoms with Gasteiger partial charge < -0.3 is 20.7 Å². The van der Waals surface area contributed by atoms with Crippen LogP contribution in [0.5, 0.6) is 5.75 Å². The smallest absolute Gasteiger partial charge is 0.223 e. The van der Waals surface area contributed by atoms with Crippen LogP contribution in [0, 0.1) is 5.92 Å². The minimum absolute atomic E-state index is 0. The molecule has 1 aromatic heterocycles. The summed E-state index contributed by atoms with van der Waals surface area (Å²) in [5.74, 6) is 1.95. The zero-order chi connectivity index (χ0) is 20.3. The van der Waals surface area contributed by atoms with Gasteiger partial charge in [-0.2, -0.15) is 0 Å². The van der Waals surface area contributed by atoms with E-state index in [1.54, 1.807) is 6.20 Å². The summed E-state index contributed by atoms with van der Waals surface area (Å²) in [6.45, 7) is 5.06. The fraction of sp³-hybridized carbons (Fsp3) is 0.409. The molecule has 2 aromatic rings. The number of benzene rings is 1. The number of aliphatic imine (C=N–C) groups is 1. The van der Waals surface area contributed by atoms with E-state index < -0.39 is 0 Å². The summed E-state index contributed by atoms with van der Waals surface area (Å²) in [4.78, 5) is 20.5. The molecule has 162 valence electrons. The van der Waals surface area contributed by atoms with Gasteiger partial charge in [-0.1, -0.05) is 18.2 Å². The number of ether oxygens (including phenoxy) is 1. The number of nitrogens with one attached hydrogen (secondary N) is 3. The third kappa shape index (κ3) is 8.56. The van der Waals surface area contributed by atoms with Gasteiger partial charge in [0.25, 0.3) is 0 Å². The molecule has 8 heteroatoms. The second-order valence-corrected chi connectivity index (χ2v) is 6.94. The van der Waals surface area contributed by atoms with Gasteiger partial charge in [-0.25, -0.2) is 4.99 Å². The van der Waals surface area contributed by atoms with Gasteiger partial charge in [-0.3, -0.25) is 9.78 Å². The lowest BCUT2D eigenvalue weighted by atomic mass is 10.2. The number of hydrogen-bond acceptors (Lipinski definition) is 4. The van der Waals surface area contributed by atoms with Gasteiger partial charge >= 0.3 is 0 Å². The molecule has 0 aliphatic heterocycles. The van der Waals surface area contributed by atoms with E-state index in [0.29, 0.717) is 26.2 Å². The van der Waals surface area contributed by atoms with E-state index in [2.05, 4.69) is 25.9 Å². The Bertz CT molecular complexity index is 795. The van der Waals surface area contributed by atoms with Gasteiger partial charge in [0, 0.05) is 31.7 Å². The Balaban J connectivity index is 0.00000320. The minimum atomic E-state index is 0. The summed E-state index contributed by atoms with van der Waals surface area (Å²) in [5.41, 5.74) is 1.99. The highest BCUT2D eigenvalue weighted by atomic mass is 127. The molecular weight excluding hydrogens is 493 g/mol. The van der Waals surface area contributed by atoms with Crippen molar-refractivity contribution in [3.63, 3.8) is 0 Å². The molecule has 30 heavy (non-hydrogen) atoms. The molecule has 0 radical (unpaired) electrons. The van der Waals surface area contributed by atoms with E-state index >= 15 is 0 Å². The molecule has 0 saturated heterocycles. The van der Waals surface area contributed by atoms with E-state index in [1.807, 2.05) is 49.4 Å². The molecule has 1 heterocycles. The first-order chi connectivity index (χ1) is 14.2. The van der Waals surface area contributed by atoms with Crippen molar-refractivity contribution in [3.05, 3.63) is 59.9 Å². The molecule has 1 aliphatic carbocycles. The zero-order valence-corrected chi connectivity index (χ0v) is 19.6. The summed E-state index contributed by atoms with van der Waals surface area (Å²) in [6, 6.07) is 13.7. The second-order valence-electron chi connectivity index (χ2n) is 6.94. The van der Waals surface area contributed by atoms with Crippen molar-refractivity contribution in [3.8, 4) is 5.75 Å². The van der Waals surface area contributed by atoms with Gasteiger partial charge in [-0.05, 0) is 49.6 Å². The van der Waals surface area contributed by atoms with Crippen LogP contribution in [0.15, 0.2) is 53.7 Å². The van der Waals surface area contributed by atoms with Crippen molar-refractivity contribution < 1.29 is 9.53 Å². The number of carbonyl (C=O) groups is 1. The second kappa shape index (κ2) is 13.0. The van der Waals surface area contributed by atoms with Crippen LogP contribution in [-0.2, 0) is 17.9 Å². The molecule has 1 aromatic carbocycles. The van der Waals surface area contributed by atoms with Crippen molar-refractivity contribution in [2.45, 2.75) is 32.9 Å². The fourth-order valence-electron chi connectivity index (χ4n) is 2.70. The Morgan fingerprint density at radius 2 is 1.87 bits per heavy atom. The standard InChI is InChI=1S/C22H29N5O2.HI/c1-2-23-22(26-14-13-25-21(28)18-8-9-18)27-15-17-6-10-20(11-7-17)29-16-19-5-3-4-12-24-19;/h3-7,10-12,18H,2,8-9,13-16H2,1H3,(H,25,28)(H2,23,26,27);1H.